The van der Waals surface area contributed by atoms with Crippen LogP contribution in [0.3, 0.4) is 0 Å². The summed E-state index contributed by atoms with van der Waals surface area (Å²) in [6.07, 6.45) is 1.09. The van der Waals surface area contributed by atoms with Gasteiger partial charge in [-0.1, -0.05) is 12.1 Å². The highest BCUT2D eigenvalue weighted by molar-refractivity contribution is 7.90. The van der Waals surface area contributed by atoms with Crippen LogP contribution in [0.5, 0.6) is 0 Å². The van der Waals surface area contributed by atoms with Crippen LogP contribution in [-0.2, 0) is 19.6 Å². The third kappa shape index (κ3) is 3.57. The van der Waals surface area contributed by atoms with Crippen LogP contribution >= 0.6 is 0 Å². The number of hydrogen-bond donors (Lipinski definition) is 0. The summed E-state index contributed by atoms with van der Waals surface area (Å²) in [4.78, 5) is 30.4. The summed E-state index contributed by atoms with van der Waals surface area (Å²) in [6, 6.07) is 6.28. The van der Waals surface area contributed by atoms with Gasteiger partial charge in [-0.05, 0) is 31.9 Å². The maximum absolute atomic E-state index is 13.2. The Hall–Kier alpha value is -2.62. The molecule has 2 amide bonds. The van der Waals surface area contributed by atoms with Crippen molar-refractivity contribution in [1.82, 2.24) is 14.7 Å². The molecule has 0 unspecified atom stereocenters. The Balaban J connectivity index is 1.49. The molecule has 1 aromatic rings. The Morgan fingerprint density at radius 3 is 2.52 bits per heavy atom. The standard InChI is InChI=1S/C19H24N4O5S/c1-2-28-19(25)22-12-10-21(11-13-22)18(24)15-7-5-9-23(15)17-14-6-3-4-8-16(14)29(26,27)20-17/h3-4,6,8,15H,2,5,7,9-13H2,1H3/t15-/m0/s1. The summed E-state index contributed by atoms with van der Waals surface area (Å²) >= 11 is 0. The molecule has 3 aliphatic rings. The molecule has 4 rings (SSSR count). The summed E-state index contributed by atoms with van der Waals surface area (Å²) in [5.41, 5.74) is 0.555. The lowest BCUT2D eigenvalue weighted by Gasteiger charge is -2.37. The number of likely N-dealkylation sites (tertiary alicyclic amines) is 1. The maximum atomic E-state index is 13.2. The number of hydrogen-bond acceptors (Lipinski definition) is 6. The number of amidine groups is 1. The van der Waals surface area contributed by atoms with Crippen molar-refractivity contribution in [2.24, 2.45) is 4.40 Å². The van der Waals surface area contributed by atoms with Crippen molar-refractivity contribution in [3.63, 3.8) is 0 Å². The normalized spacial score (nSPS) is 23.0. The topological polar surface area (TPSA) is 99.6 Å². The van der Waals surface area contributed by atoms with Gasteiger partial charge in [0.25, 0.3) is 10.0 Å². The van der Waals surface area contributed by atoms with E-state index in [1.807, 2.05) is 4.90 Å². The van der Waals surface area contributed by atoms with E-state index in [1.54, 1.807) is 41.0 Å². The number of benzene rings is 1. The summed E-state index contributed by atoms with van der Waals surface area (Å²) in [7, 11) is -3.73. The molecule has 3 aliphatic heterocycles. The number of ether oxygens (including phenoxy) is 1. The molecule has 0 N–H and O–H groups in total. The van der Waals surface area contributed by atoms with Crippen molar-refractivity contribution in [3.05, 3.63) is 29.8 Å². The van der Waals surface area contributed by atoms with Crippen molar-refractivity contribution in [1.29, 1.82) is 0 Å². The first-order valence-corrected chi connectivity index (χ1v) is 11.3. The predicted molar refractivity (Wildman–Crippen MR) is 105 cm³/mol. The fourth-order valence-electron chi connectivity index (χ4n) is 4.11. The Morgan fingerprint density at radius 1 is 1.10 bits per heavy atom. The van der Waals surface area contributed by atoms with Crippen LogP contribution in [0.1, 0.15) is 25.3 Å². The molecule has 0 aromatic heterocycles. The van der Waals surface area contributed by atoms with Gasteiger partial charge >= 0.3 is 6.09 Å². The van der Waals surface area contributed by atoms with Gasteiger partial charge in [-0.3, -0.25) is 4.79 Å². The van der Waals surface area contributed by atoms with E-state index in [0.717, 1.165) is 6.42 Å². The van der Waals surface area contributed by atoms with E-state index in [9.17, 15) is 18.0 Å². The molecule has 1 aromatic carbocycles. The highest BCUT2D eigenvalue weighted by Crippen LogP contribution is 2.31. The average Bonchev–Trinajstić information content (AvgIpc) is 3.31. The Morgan fingerprint density at radius 2 is 1.79 bits per heavy atom. The first kappa shape index (κ1) is 19.7. The van der Waals surface area contributed by atoms with Crippen molar-refractivity contribution < 1.29 is 22.7 Å². The molecule has 2 fully saturated rings. The summed E-state index contributed by atoms with van der Waals surface area (Å²) in [5, 5.41) is 0. The van der Waals surface area contributed by atoms with Gasteiger partial charge in [0, 0.05) is 38.3 Å². The van der Waals surface area contributed by atoms with Crippen LogP contribution in [0.15, 0.2) is 33.6 Å². The van der Waals surface area contributed by atoms with Gasteiger partial charge in [0.2, 0.25) is 5.91 Å². The number of carbonyl (C=O) groups is 2. The molecule has 0 spiro atoms. The summed E-state index contributed by atoms with van der Waals surface area (Å²) in [6.45, 7) is 4.39. The number of fused-ring (bicyclic) bond motifs is 1. The second-order valence-corrected chi connectivity index (χ2v) is 8.82. The minimum Gasteiger partial charge on any atom is -0.450 e. The summed E-state index contributed by atoms with van der Waals surface area (Å²) in [5.74, 6) is 0.317. The molecule has 1 atom stereocenters. The van der Waals surface area contributed by atoms with Gasteiger partial charge in [-0.2, -0.15) is 8.42 Å². The van der Waals surface area contributed by atoms with Crippen molar-refractivity contribution in [2.45, 2.75) is 30.7 Å². The third-order valence-corrected chi connectivity index (χ3v) is 6.86. The molecule has 0 aliphatic carbocycles. The first-order valence-electron chi connectivity index (χ1n) is 9.84. The number of piperazine rings is 1. The quantitative estimate of drug-likeness (QED) is 0.705. The lowest BCUT2D eigenvalue weighted by molar-refractivity contribution is -0.136. The van der Waals surface area contributed by atoms with Gasteiger partial charge in [0.05, 0.1) is 6.61 Å². The van der Waals surface area contributed by atoms with Gasteiger partial charge in [-0.15, -0.1) is 4.40 Å². The Bertz CT molecular complexity index is 953. The van der Waals surface area contributed by atoms with E-state index in [0.29, 0.717) is 57.2 Å². The van der Waals surface area contributed by atoms with Crippen LogP contribution in [0, 0.1) is 0 Å². The zero-order valence-corrected chi connectivity index (χ0v) is 17.1. The van der Waals surface area contributed by atoms with Crippen LogP contribution in [0.2, 0.25) is 0 Å². The fraction of sp³-hybridized carbons (Fsp3) is 0.526. The second-order valence-electron chi connectivity index (χ2n) is 7.25. The maximum Gasteiger partial charge on any atom is 0.409 e. The van der Waals surface area contributed by atoms with Gasteiger partial charge in [-0.25, -0.2) is 4.79 Å². The number of nitrogens with zero attached hydrogens (tertiary/aromatic N) is 4. The summed E-state index contributed by atoms with van der Waals surface area (Å²) < 4.78 is 33.8. The van der Waals surface area contributed by atoms with E-state index in [-0.39, 0.29) is 16.9 Å². The van der Waals surface area contributed by atoms with Crippen molar-refractivity contribution in [2.75, 3.05) is 39.3 Å². The third-order valence-electron chi connectivity index (χ3n) is 5.54. The lowest BCUT2D eigenvalue weighted by atomic mass is 10.1. The number of sulfonamides is 1. The minimum atomic E-state index is -3.73. The lowest BCUT2D eigenvalue weighted by Crippen LogP contribution is -2.55. The Kier molecular flexibility index (Phi) is 5.20. The largest absolute Gasteiger partial charge is 0.450 e. The van der Waals surface area contributed by atoms with Gasteiger partial charge in [0.1, 0.15) is 10.9 Å². The zero-order chi connectivity index (χ0) is 20.6. The molecular weight excluding hydrogens is 396 g/mol. The smallest absolute Gasteiger partial charge is 0.409 e. The molecule has 29 heavy (non-hydrogen) atoms. The number of amides is 2. The monoisotopic (exact) mass is 420 g/mol. The molecule has 156 valence electrons. The highest BCUT2D eigenvalue weighted by atomic mass is 32.2. The van der Waals surface area contributed by atoms with Crippen molar-refractivity contribution in [3.8, 4) is 0 Å². The van der Waals surface area contributed by atoms with Crippen LogP contribution in [0.4, 0.5) is 4.79 Å². The molecule has 0 bridgehead atoms. The second kappa shape index (κ2) is 7.66. The van der Waals surface area contributed by atoms with Crippen LogP contribution in [0.25, 0.3) is 0 Å². The SMILES string of the molecule is CCOC(=O)N1CCN(C(=O)[C@@H]2CCCN2C2=NS(=O)(=O)c3ccccc32)CC1. The van der Waals surface area contributed by atoms with Crippen molar-refractivity contribution >= 4 is 27.9 Å². The van der Waals surface area contributed by atoms with E-state index in [4.69, 9.17) is 4.74 Å². The molecule has 0 saturated carbocycles. The first-order chi connectivity index (χ1) is 13.9. The van der Waals surface area contributed by atoms with E-state index in [2.05, 4.69) is 4.40 Å². The fourth-order valence-corrected chi connectivity index (χ4v) is 5.32. The van der Waals surface area contributed by atoms with E-state index >= 15 is 0 Å². The Labute approximate surface area is 170 Å². The molecule has 10 heteroatoms. The van der Waals surface area contributed by atoms with Gasteiger partial charge in [0.15, 0.2) is 5.84 Å². The van der Waals surface area contributed by atoms with Crippen LogP contribution in [-0.4, -0.2) is 86.3 Å². The molecular formula is C19H24N4O5S. The van der Waals surface area contributed by atoms with Gasteiger partial charge < -0.3 is 19.4 Å². The molecule has 2 saturated heterocycles. The minimum absolute atomic E-state index is 0.0458. The zero-order valence-electron chi connectivity index (χ0n) is 16.3. The van der Waals surface area contributed by atoms with Crippen LogP contribution < -0.4 is 0 Å². The predicted octanol–water partition coefficient (Wildman–Crippen LogP) is 0.901. The molecule has 0 radical (unpaired) electrons. The molecule has 9 nitrogen and oxygen atoms in total. The average molecular weight is 420 g/mol. The number of carbonyl (C=O) groups excluding carboxylic acids is 2. The van der Waals surface area contributed by atoms with E-state index in [1.165, 1.54) is 0 Å². The number of rotatable bonds is 2. The molecule has 3 heterocycles. The highest BCUT2D eigenvalue weighted by Gasteiger charge is 2.41. The van der Waals surface area contributed by atoms with E-state index < -0.39 is 16.1 Å².